The fraction of sp³-hybridized carbons (Fsp3) is 1.00. The zero-order valence-corrected chi connectivity index (χ0v) is 16.4. The van der Waals surface area contributed by atoms with Crippen LogP contribution in [0.15, 0.2) is 0 Å². The molecule has 1 N–H and O–H groups in total. The van der Waals surface area contributed by atoms with Gasteiger partial charge in [-0.1, -0.05) is 90.4 Å². The van der Waals surface area contributed by atoms with E-state index < -0.39 is 0 Å². The molecule has 140 valence electrons. The number of ether oxygens (including phenoxy) is 1. The van der Waals surface area contributed by atoms with Crippen molar-refractivity contribution in [3.63, 3.8) is 0 Å². The third-order valence-corrected chi connectivity index (χ3v) is 4.70. The van der Waals surface area contributed by atoms with Crippen LogP contribution in [-0.4, -0.2) is 23.9 Å². The van der Waals surface area contributed by atoms with Crippen molar-refractivity contribution in [2.75, 3.05) is 13.2 Å². The molecule has 0 aliphatic heterocycles. The van der Waals surface area contributed by atoms with Gasteiger partial charge in [-0.15, -0.1) is 0 Å². The fourth-order valence-electron chi connectivity index (χ4n) is 2.99. The van der Waals surface area contributed by atoms with Crippen LogP contribution in [0.2, 0.25) is 0 Å². The van der Waals surface area contributed by atoms with E-state index in [4.69, 9.17) is 9.84 Å². The molecule has 0 rings (SSSR count). The number of unbranched alkanes of at least 4 members (excludes halogenated alkanes) is 13. The third-order valence-electron chi connectivity index (χ3n) is 4.70. The largest absolute Gasteiger partial charge is 0.396 e. The molecule has 23 heavy (non-hydrogen) atoms. The third kappa shape index (κ3) is 18.1. The summed E-state index contributed by atoms with van der Waals surface area (Å²) in [4.78, 5) is 0. The first kappa shape index (κ1) is 22.9. The summed E-state index contributed by atoms with van der Waals surface area (Å²) in [6.45, 7) is 7.46. The minimum Gasteiger partial charge on any atom is -0.396 e. The summed E-state index contributed by atoms with van der Waals surface area (Å²) in [6.07, 6.45) is 20.2. The van der Waals surface area contributed by atoms with Crippen molar-refractivity contribution in [1.82, 2.24) is 0 Å². The maximum atomic E-state index is 8.95. The van der Waals surface area contributed by atoms with Crippen molar-refractivity contribution < 1.29 is 9.84 Å². The highest BCUT2D eigenvalue weighted by molar-refractivity contribution is 4.67. The first-order valence-electron chi connectivity index (χ1n) is 10.4. The van der Waals surface area contributed by atoms with Gasteiger partial charge in [0.1, 0.15) is 0 Å². The van der Waals surface area contributed by atoms with Crippen LogP contribution >= 0.6 is 0 Å². The molecule has 0 saturated carbocycles. The SMILES string of the molecule is CCCCCCCCCCCCCCCCOC(C)(C)CCO. The summed E-state index contributed by atoms with van der Waals surface area (Å²) < 4.78 is 5.82. The van der Waals surface area contributed by atoms with Crippen molar-refractivity contribution >= 4 is 0 Å². The molecule has 0 unspecified atom stereocenters. The Hall–Kier alpha value is -0.0800. The standard InChI is InChI=1S/C21H44O2/c1-4-5-6-7-8-9-10-11-12-13-14-15-16-17-20-23-21(2,3)18-19-22/h22H,4-20H2,1-3H3. The van der Waals surface area contributed by atoms with Gasteiger partial charge in [-0.3, -0.25) is 0 Å². The smallest absolute Gasteiger partial charge is 0.0648 e. The monoisotopic (exact) mass is 328 g/mol. The minimum absolute atomic E-state index is 0.161. The van der Waals surface area contributed by atoms with Crippen LogP contribution in [0.5, 0.6) is 0 Å². The maximum Gasteiger partial charge on any atom is 0.0648 e. The summed E-state index contributed by atoms with van der Waals surface area (Å²) in [7, 11) is 0. The lowest BCUT2D eigenvalue weighted by atomic mass is 10.0. The highest BCUT2D eigenvalue weighted by Crippen LogP contribution is 2.16. The van der Waals surface area contributed by atoms with E-state index in [1.54, 1.807) is 0 Å². The number of aliphatic hydroxyl groups is 1. The summed E-state index contributed by atoms with van der Waals surface area (Å²) in [5, 5.41) is 8.95. The van der Waals surface area contributed by atoms with Gasteiger partial charge in [0.15, 0.2) is 0 Å². The molecule has 0 aliphatic carbocycles. The Labute approximate surface area is 146 Å². The van der Waals surface area contributed by atoms with Crippen LogP contribution in [0.25, 0.3) is 0 Å². The fourth-order valence-corrected chi connectivity index (χ4v) is 2.99. The second-order valence-electron chi connectivity index (χ2n) is 7.68. The molecule has 2 heteroatoms. The van der Waals surface area contributed by atoms with Gasteiger partial charge in [-0.05, 0) is 26.7 Å². The number of aliphatic hydroxyl groups excluding tert-OH is 1. The highest BCUT2D eigenvalue weighted by atomic mass is 16.5. The molecular weight excluding hydrogens is 284 g/mol. The summed E-state index contributed by atoms with van der Waals surface area (Å²) in [5.74, 6) is 0. The molecule has 0 heterocycles. The van der Waals surface area contributed by atoms with Gasteiger partial charge in [-0.2, -0.15) is 0 Å². The van der Waals surface area contributed by atoms with E-state index in [0.29, 0.717) is 0 Å². The zero-order valence-electron chi connectivity index (χ0n) is 16.4. The number of hydrogen-bond acceptors (Lipinski definition) is 2. The average Bonchev–Trinajstić information content (AvgIpc) is 2.51. The van der Waals surface area contributed by atoms with Crippen LogP contribution in [0.1, 0.15) is 117 Å². The molecule has 0 bridgehead atoms. The number of hydrogen-bond donors (Lipinski definition) is 1. The van der Waals surface area contributed by atoms with Crippen molar-refractivity contribution in [2.24, 2.45) is 0 Å². The van der Waals surface area contributed by atoms with Crippen LogP contribution in [-0.2, 0) is 4.74 Å². The second-order valence-corrected chi connectivity index (χ2v) is 7.68. The van der Waals surface area contributed by atoms with Gasteiger partial charge < -0.3 is 9.84 Å². The normalized spacial score (nSPS) is 12.0. The van der Waals surface area contributed by atoms with Crippen molar-refractivity contribution in [1.29, 1.82) is 0 Å². The Balaban J connectivity index is 3.11. The van der Waals surface area contributed by atoms with Crippen LogP contribution in [0.3, 0.4) is 0 Å². The van der Waals surface area contributed by atoms with Crippen LogP contribution in [0, 0.1) is 0 Å². The van der Waals surface area contributed by atoms with Gasteiger partial charge in [0.25, 0.3) is 0 Å². The predicted molar refractivity (Wildman–Crippen MR) is 102 cm³/mol. The number of rotatable bonds is 18. The average molecular weight is 329 g/mol. The van der Waals surface area contributed by atoms with Gasteiger partial charge in [0.05, 0.1) is 5.60 Å². The maximum absolute atomic E-state index is 8.95. The lowest BCUT2D eigenvalue weighted by molar-refractivity contribution is -0.0340. The van der Waals surface area contributed by atoms with Crippen molar-refractivity contribution in [3.05, 3.63) is 0 Å². The topological polar surface area (TPSA) is 29.5 Å². The molecule has 0 spiro atoms. The molecular formula is C21H44O2. The van der Waals surface area contributed by atoms with Gasteiger partial charge in [0, 0.05) is 13.2 Å². The van der Waals surface area contributed by atoms with Crippen molar-refractivity contribution in [3.8, 4) is 0 Å². The van der Waals surface area contributed by atoms with Gasteiger partial charge in [-0.25, -0.2) is 0 Å². The Morgan fingerprint density at radius 1 is 0.652 bits per heavy atom. The van der Waals surface area contributed by atoms with Gasteiger partial charge >= 0.3 is 0 Å². The molecule has 0 amide bonds. The Kier molecular flexibility index (Phi) is 16.7. The Bertz CT molecular complexity index is 226. The lowest BCUT2D eigenvalue weighted by Gasteiger charge is -2.24. The Morgan fingerprint density at radius 3 is 1.43 bits per heavy atom. The minimum atomic E-state index is -0.161. The van der Waals surface area contributed by atoms with E-state index >= 15 is 0 Å². The van der Waals surface area contributed by atoms with E-state index in [0.717, 1.165) is 19.4 Å². The van der Waals surface area contributed by atoms with Crippen LogP contribution in [0.4, 0.5) is 0 Å². The highest BCUT2D eigenvalue weighted by Gasteiger charge is 2.16. The van der Waals surface area contributed by atoms with Crippen molar-refractivity contribution in [2.45, 2.75) is 123 Å². The molecule has 0 aromatic heterocycles. The predicted octanol–water partition coefficient (Wildman–Crippen LogP) is 6.65. The summed E-state index contributed by atoms with van der Waals surface area (Å²) in [6, 6.07) is 0. The van der Waals surface area contributed by atoms with E-state index in [1.165, 1.54) is 83.5 Å². The molecule has 0 aliphatic rings. The summed E-state index contributed by atoms with van der Waals surface area (Å²) in [5.41, 5.74) is -0.161. The molecule has 0 fully saturated rings. The second kappa shape index (κ2) is 16.8. The lowest BCUT2D eigenvalue weighted by Crippen LogP contribution is -2.26. The Morgan fingerprint density at radius 2 is 1.04 bits per heavy atom. The van der Waals surface area contributed by atoms with Gasteiger partial charge in [0.2, 0.25) is 0 Å². The molecule has 0 saturated heterocycles. The molecule has 0 radical (unpaired) electrons. The zero-order chi connectivity index (χ0) is 17.2. The molecule has 2 nitrogen and oxygen atoms in total. The molecule has 0 aromatic rings. The van der Waals surface area contributed by atoms with E-state index in [2.05, 4.69) is 20.8 Å². The molecule has 0 atom stereocenters. The first-order chi connectivity index (χ1) is 11.1. The first-order valence-corrected chi connectivity index (χ1v) is 10.4. The van der Waals surface area contributed by atoms with Crippen LogP contribution < -0.4 is 0 Å². The van der Waals surface area contributed by atoms with E-state index in [9.17, 15) is 0 Å². The quantitative estimate of drug-likeness (QED) is 0.286. The van der Waals surface area contributed by atoms with E-state index in [-0.39, 0.29) is 12.2 Å². The van der Waals surface area contributed by atoms with E-state index in [1.807, 2.05) is 0 Å². The molecule has 0 aromatic carbocycles. The summed E-state index contributed by atoms with van der Waals surface area (Å²) >= 11 is 0.